The number of carbonyl (C=O) groups excluding carboxylic acids is 3. The molecule has 0 aliphatic rings. The van der Waals surface area contributed by atoms with Crippen LogP contribution in [-0.4, -0.2) is 35.2 Å². The highest BCUT2D eigenvalue weighted by atomic mass is 16.6. The number of ketones is 2. The largest absolute Gasteiger partial charge is 0.482 e. The quantitative estimate of drug-likeness (QED) is 0.593. The lowest BCUT2D eigenvalue weighted by molar-refractivity contribution is -0.148. The predicted molar refractivity (Wildman–Crippen MR) is 102 cm³/mol. The third-order valence-corrected chi connectivity index (χ3v) is 4.61. The Kier molecular flexibility index (Phi) is 6.20. The molecular weight excluding hydrogens is 346 g/mol. The molecule has 0 radical (unpaired) electrons. The van der Waals surface area contributed by atoms with Gasteiger partial charge in [0.1, 0.15) is 5.75 Å². The van der Waals surface area contributed by atoms with Crippen LogP contribution in [0, 0.1) is 27.7 Å². The van der Waals surface area contributed by atoms with Gasteiger partial charge in [-0.15, -0.1) is 0 Å². The summed E-state index contributed by atoms with van der Waals surface area (Å²) >= 11 is 0. The average Bonchev–Trinajstić information content (AvgIpc) is 2.89. The molecule has 1 N–H and O–H groups in total. The number of hydrogen-bond donors (Lipinski definition) is 1. The molecule has 1 atom stereocenters. The summed E-state index contributed by atoms with van der Waals surface area (Å²) in [4.78, 5) is 39.3. The van der Waals surface area contributed by atoms with E-state index >= 15 is 0 Å². The minimum atomic E-state index is -0.990. The maximum absolute atomic E-state index is 12.6. The van der Waals surface area contributed by atoms with E-state index in [0.29, 0.717) is 22.6 Å². The average molecular weight is 371 g/mol. The molecule has 144 valence electrons. The van der Waals surface area contributed by atoms with Gasteiger partial charge in [0.15, 0.2) is 18.5 Å². The normalized spacial score (nSPS) is 11.8. The fourth-order valence-electron chi connectivity index (χ4n) is 3.03. The lowest BCUT2D eigenvalue weighted by Gasteiger charge is -2.14. The van der Waals surface area contributed by atoms with Crippen molar-refractivity contribution >= 4 is 17.5 Å². The molecule has 6 nitrogen and oxygen atoms in total. The van der Waals surface area contributed by atoms with Crippen molar-refractivity contribution in [2.24, 2.45) is 0 Å². The third kappa shape index (κ3) is 4.45. The molecule has 2 aromatic rings. The van der Waals surface area contributed by atoms with Gasteiger partial charge >= 0.3 is 5.97 Å². The molecule has 6 heteroatoms. The third-order valence-electron chi connectivity index (χ3n) is 4.61. The lowest BCUT2D eigenvalue weighted by Crippen LogP contribution is -2.28. The molecule has 1 aromatic carbocycles. The molecule has 0 saturated carbocycles. The zero-order chi connectivity index (χ0) is 20.3. The number of ether oxygens (including phenoxy) is 2. The first-order valence-corrected chi connectivity index (χ1v) is 8.76. The standard InChI is InChI=1S/C21H25NO5/c1-11-8-7-9-17(12(11)2)26-10-18(24)27-16(6)21(25)20-13(3)19(15(5)23)14(4)22-20/h7-9,16,22H,10H2,1-6H3/t16-/m0/s1. The van der Waals surface area contributed by atoms with Crippen molar-refractivity contribution in [3.63, 3.8) is 0 Å². The van der Waals surface area contributed by atoms with Crippen molar-refractivity contribution < 1.29 is 23.9 Å². The fraction of sp³-hybridized carbons (Fsp3) is 0.381. The molecule has 0 saturated heterocycles. The van der Waals surface area contributed by atoms with E-state index in [0.717, 1.165) is 11.1 Å². The molecule has 0 unspecified atom stereocenters. The first kappa shape index (κ1) is 20.4. The van der Waals surface area contributed by atoms with Crippen molar-refractivity contribution in [1.82, 2.24) is 4.98 Å². The van der Waals surface area contributed by atoms with E-state index in [2.05, 4.69) is 4.98 Å². The van der Waals surface area contributed by atoms with Crippen LogP contribution in [0.1, 0.15) is 57.1 Å². The minimum absolute atomic E-state index is 0.119. The van der Waals surface area contributed by atoms with E-state index in [1.54, 1.807) is 19.9 Å². The number of aromatic amines is 1. The molecule has 0 aliphatic heterocycles. The monoisotopic (exact) mass is 371 g/mol. The molecule has 1 heterocycles. The van der Waals surface area contributed by atoms with Gasteiger partial charge < -0.3 is 14.5 Å². The van der Waals surface area contributed by atoms with Gasteiger partial charge in [-0.25, -0.2) is 4.79 Å². The van der Waals surface area contributed by atoms with Crippen molar-refractivity contribution in [2.45, 2.75) is 47.6 Å². The number of aromatic nitrogens is 1. The second kappa shape index (κ2) is 8.20. The maximum Gasteiger partial charge on any atom is 0.344 e. The predicted octanol–water partition coefficient (Wildman–Crippen LogP) is 3.64. The number of nitrogens with one attached hydrogen (secondary N) is 1. The number of hydrogen-bond acceptors (Lipinski definition) is 5. The molecule has 27 heavy (non-hydrogen) atoms. The summed E-state index contributed by atoms with van der Waals surface area (Å²) in [6, 6.07) is 5.58. The van der Waals surface area contributed by atoms with Crippen molar-refractivity contribution in [3.8, 4) is 5.75 Å². The van der Waals surface area contributed by atoms with Gasteiger partial charge in [-0.1, -0.05) is 12.1 Å². The van der Waals surface area contributed by atoms with Gasteiger partial charge in [0.25, 0.3) is 0 Å². The van der Waals surface area contributed by atoms with Gasteiger partial charge in [-0.05, 0) is 64.3 Å². The zero-order valence-electron chi connectivity index (χ0n) is 16.6. The Hall–Kier alpha value is -2.89. The van der Waals surface area contributed by atoms with Gasteiger partial charge in [0.05, 0.1) is 5.69 Å². The fourth-order valence-corrected chi connectivity index (χ4v) is 3.03. The summed E-state index contributed by atoms with van der Waals surface area (Å²) in [7, 11) is 0. The van der Waals surface area contributed by atoms with E-state index in [1.165, 1.54) is 13.8 Å². The molecule has 0 amide bonds. The Bertz CT molecular complexity index is 894. The highest BCUT2D eigenvalue weighted by Crippen LogP contribution is 2.22. The summed E-state index contributed by atoms with van der Waals surface area (Å²) in [6.07, 6.45) is -0.990. The summed E-state index contributed by atoms with van der Waals surface area (Å²) in [5.41, 5.74) is 3.98. The van der Waals surface area contributed by atoms with Gasteiger partial charge in [-0.2, -0.15) is 0 Å². The van der Waals surface area contributed by atoms with Crippen LogP contribution in [0.15, 0.2) is 18.2 Å². The smallest absolute Gasteiger partial charge is 0.344 e. The van der Waals surface area contributed by atoms with Gasteiger partial charge in [-0.3, -0.25) is 9.59 Å². The number of esters is 1. The molecule has 0 bridgehead atoms. The Morgan fingerprint density at radius 1 is 1.07 bits per heavy atom. The van der Waals surface area contributed by atoms with E-state index in [9.17, 15) is 14.4 Å². The minimum Gasteiger partial charge on any atom is -0.482 e. The summed E-state index contributed by atoms with van der Waals surface area (Å²) in [5.74, 6) is -0.535. The van der Waals surface area contributed by atoms with Gasteiger partial charge in [0.2, 0.25) is 5.78 Å². The highest BCUT2D eigenvalue weighted by Gasteiger charge is 2.26. The number of rotatable bonds is 7. The number of Topliss-reactive ketones (excluding diaryl/α,β-unsaturated/α-hetero) is 2. The van der Waals surface area contributed by atoms with E-state index in [4.69, 9.17) is 9.47 Å². The zero-order valence-corrected chi connectivity index (χ0v) is 16.6. The van der Waals surface area contributed by atoms with Crippen molar-refractivity contribution in [3.05, 3.63) is 51.8 Å². The topological polar surface area (TPSA) is 85.5 Å². The lowest BCUT2D eigenvalue weighted by atomic mass is 10.0. The van der Waals surface area contributed by atoms with Gasteiger partial charge in [0, 0.05) is 11.3 Å². The Morgan fingerprint density at radius 2 is 1.74 bits per heavy atom. The van der Waals surface area contributed by atoms with Crippen LogP contribution in [0.5, 0.6) is 5.75 Å². The SMILES string of the molecule is CC(=O)c1c(C)[nH]c(C(=O)[C@H](C)OC(=O)COc2cccc(C)c2C)c1C. The molecule has 0 aliphatic carbocycles. The summed E-state index contributed by atoms with van der Waals surface area (Å²) in [5, 5.41) is 0. The number of carbonyl (C=O) groups is 3. The first-order valence-electron chi connectivity index (χ1n) is 8.76. The van der Waals surface area contributed by atoms with E-state index in [-0.39, 0.29) is 23.9 Å². The molecule has 2 rings (SSSR count). The van der Waals surface area contributed by atoms with E-state index in [1.807, 2.05) is 26.0 Å². The number of benzene rings is 1. The number of H-pyrrole nitrogens is 1. The van der Waals surface area contributed by atoms with E-state index < -0.39 is 12.1 Å². The summed E-state index contributed by atoms with van der Waals surface area (Å²) in [6.45, 7) is 9.96. The van der Waals surface area contributed by atoms with Crippen molar-refractivity contribution in [1.29, 1.82) is 0 Å². The maximum atomic E-state index is 12.6. The van der Waals surface area contributed by atoms with Crippen LogP contribution in [0.4, 0.5) is 0 Å². The Morgan fingerprint density at radius 3 is 2.33 bits per heavy atom. The second-order valence-electron chi connectivity index (χ2n) is 6.66. The van der Waals surface area contributed by atoms with Crippen LogP contribution in [-0.2, 0) is 9.53 Å². The molecule has 0 spiro atoms. The molecule has 1 aromatic heterocycles. The first-order chi connectivity index (χ1) is 12.6. The second-order valence-corrected chi connectivity index (χ2v) is 6.66. The van der Waals surface area contributed by atoms with Crippen LogP contribution in [0.3, 0.4) is 0 Å². The Balaban J connectivity index is 2.02. The summed E-state index contributed by atoms with van der Waals surface area (Å²) < 4.78 is 10.7. The molecule has 0 fully saturated rings. The number of aryl methyl sites for hydroxylation is 2. The van der Waals surface area contributed by atoms with Crippen molar-refractivity contribution in [2.75, 3.05) is 6.61 Å². The van der Waals surface area contributed by atoms with Crippen LogP contribution < -0.4 is 4.74 Å². The molecular formula is C21H25NO5. The van der Waals surface area contributed by atoms with Crippen LogP contribution in [0.25, 0.3) is 0 Å². The highest BCUT2D eigenvalue weighted by molar-refractivity contribution is 6.05. The van der Waals surface area contributed by atoms with Crippen LogP contribution >= 0.6 is 0 Å². The van der Waals surface area contributed by atoms with Crippen LogP contribution in [0.2, 0.25) is 0 Å². The Labute approximate surface area is 158 Å².